The van der Waals surface area contributed by atoms with E-state index in [9.17, 15) is 4.79 Å². The van der Waals surface area contributed by atoms with Crippen LogP contribution in [-0.4, -0.2) is 42.8 Å². The van der Waals surface area contributed by atoms with Crippen molar-refractivity contribution in [1.29, 1.82) is 0 Å². The van der Waals surface area contributed by atoms with Crippen LogP contribution in [0.5, 0.6) is 0 Å². The number of fused-ring (bicyclic) bond motifs is 1. The van der Waals surface area contributed by atoms with Gasteiger partial charge in [-0.1, -0.05) is 5.16 Å². The largest absolute Gasteiger partial charge is 0.381 e. The van der Waals surface area contributed by atoms with Crippen molar-refractivity contribution in [1.82, 2.24) is 10.1 Å². The summed E-state index contributed by atoms with van der Waals surface area (Å²) in [5.41, 5.74) is 2.03. The molecule has 1 saturated heterocycles. The Balaban J connectivity index is 1.57. The number of hydrogen-bond donors (Lipinski definition) is 0. The molecule has 0 radical (unpaired) electrons. The summed E-state index contributed by atoms with van der Waals surface area (Å²) < 4.78 is 10.7. The van der Waals surface area contributed by atoms with Crippen LogP contribution in [0.4, 0.5) is 0 Å². The smallest absolute Gasteiger partial charge is 0.292 e. The molecule has 0 bridgehead atoms. The van der Waals surface area contributed by atoms with Gasteiger partial charge in [0.15, 0.2) is 0 Å². The highest BCUT2D eigenvalue weighted by atomic mass is 16.5. The molecule has 1 aliphatic heterocycles. The Kier molecular flexibility index (Phi) is 4.58. The first-order valence-electron chi connectivity index (χ1n) is 8.06. The average Bonchev–Trinajstić information content (AvgIpc) is 2.97. The van der Waals surface area contributed by atoms with Gasteiger partial charge in [-0.3, -0.25) is 4.79 Å². The van der Waals surface area contributed by atoms with Gasteiger partial charge in [-0.25, -0.2) is 0 Å². The molecule has 0 aromatic carbocycles. The summed E-state index contributed by atoms with van der Waals surface area (Å²) >= 11 is 0. The summed E-state index contributed by atoms with van der Waals surface area (Å²) in [6.07, 6.45) is 7.40. The minimum Gasteiger partial charge on any atom is -0.381 e. The Bertz CT molecular complexity index is 492. The molecule has 0 unspecified atom stereocenters. The van der Waals surface area contributed by atoms with E-state index >= 15 is 0 Å². The predicted octanol–water partition coefficient (Wildman–Crippen LogP) is 2.44. The minimum absolute atomic E-state index is 0.0160. The highest BCUT2D eigenvalue weighted by Crippen LogP contribution is 2.25. The van der Waals surface area contributed by atoms with Gasteiger partial charge in [0.1, 0.15) is 0 Å². The van der Waals surface area contributed by atoms with Crippen LogP contribution in [0.1, 0.15) is 53.9 Å². The molecule has 5 heteroatoms. The molecule has 0 N–H and O–H groups in total. The summed E-state index contributed by atoms with van der Waals surface area (Å²) in [6.45, 7) is 2.49. The first kappa shape index (κ1) is 14.6. The fourth-order valence-corrected chi connectivity index (χ4v) is 3.24. The van der Waals surface area contributed by atoms with Crippen LogP contribution in [0.15, 0.2) is 4.52 Å². The van der Waals surface area contributed by atoms with Gasteiger partial charge in [0.05, 0.1) is 5.69 Å². The lowest BCUT2D eigenvalue weighted by atomic mass is 9.95. The maximum atomic E-state index is 12.5. The second kappa shape index (κ2) is 6.60. The molecule has 1 aromatic rings. The van der Waals surface area contributed by atoms with E-state index in [0.717, 1.165) is 76.0 Å². The lowest BCUT2D eigenvalue weighted by Crippen LogP contribution is -2.30. The molecule has 2 aliphatic rings. The molecule has 1 fully saturated rings. The zero-order valence-corrected chi connectivity index (χ0v) is 12.8. The summed E-state index contributed by atoms with van der Waals surface area (Å²) in [5, 5.41) is 4.07. The quantitative estimate of drug-likeness (QED) is 0.855. The highest BCUT2D eigenvalue weighted by Gasteiger charge is 2.26. The lowest BCUT2D eigenvalue weighted by molar-refractivity contribution is 0.0573. The zero-order chi connectivity index (χ0) is 14.7. The van der Waals surface area contributed by atoms with Crippen molar-refractivity contribution in [3.8, 4) is 0 Å². The normalized spacial score (nSPS) is 19.3. The van der Waals surface area contributed by atoms with E-state index in [4.69, 9.17) is 9.26 Å². The van der Waals surface area contributed by atoms with Crippen molar-refractivity contribution in [3.05, 3.63) is 17.0 Å². The number of hydrogen-bond acceptors (Lipinski definition) is 4. The number of carbonyl (C=O) groups is 1. The molecule has 0 saturated carbocycles. The predicted molar refractivity (Wildman–Crippen MR) is 78.3 cm³/mol. The summed E-state index contributed by atoms with van der Waals surface area (Å²) in [5.74, 6) is 1.13. The van der Waals surface area contributed by atoms with E-state index in [1.807, 2.05) is 7.05 Å². The SMILES string of the molecule is CN(CCC1CCOCC1)C(=O)c1onc2c1CCCC2. The average molecular weight is 292 g/mol. The van der Waals surface area contributed by atoms with Crippen molar-refractivity contribution >= 4 is 5.91 Å². The summed E-state index contributed by atoms with van der Waals surface area (Å²) in [7, 11) is 1.86. The number of aromatic nitrogens is 1. The number of amides is 1. The van der Waals surface area contributed by atoms with Crippen LogP contribution in [0.3, 0.4) is 0 Å². The number of aryl methyl sites for hydroxylation is 1. The van der Waals surface area contributed by atoms with Crippen molar-refractivity contribution in [2.24, 2.45) is 5.92 Å². The van der Waals surface area contributed by atoms with Crippen LogP contribution >= 0.6 is 0 Å². The minimum atomic E-state index is -0.0160. The van der Waals surface area contributed by atoms with E-state index < -0.39 is 0 Å². The first-order valence-corrected chi connectivity index (χ1v) is 8.06. The fourth-order valence-electron chi connectivity index (χ4n) is 3.24. The van der Waals surface area contributed by atoms with Gasteiger partial charge in [-0.2, -0.15) is 0 Å². The summed E-state index contributed by atoms with van der Waals surface area (Å²) in [4.78, 5) is 14.3. The Morgan fingerprint density at radius 2 is 2.05 bits per heavy atom. The number of nitrogens with zero attached hydrogens (tertiary/aromatic N) is 2. The lowest BCUT2D eigenvalue weighted by Gasteiger charge is -2.24. The molecule has 2 heterocycles. The van der Waals surface area contributed by atoms with Gasteiger partial charge < -0.3 is 14.2 Å². The third kappa shape index (κ3) is 3.28. The zero-order valence-electron chi connectivity index (χ0n) is 12.8. The van der Waals surface area contributed by atoms with Crippen LogP contribution in [0.2, 0.25) is 0 Å². The van der Waals surface area contributed by atoms with Crippen molar-refractivity contribution in [2.75, 3.05) is 26.8 Å². The van der Waals surface area contributed by atoms with Gasteiger partial charge in [-0.15, -0.1) is 0 Å². The molecule has 1 amide bonds. The maximum absolute atomic E-state index is 12.5. The van der Waals surface area contributed by atoms with Gasteiger partial charge in [-0.05, 0) is 50.9 Å². The summed E-state index contributed by atoms with van der Waals surface area (Å²) in [6, 6.07) is 0. The van der Waals surface area contributed by atoms with Gasteiger partial charge in [0.25, 0.3) is 5.91 Å². The monoisotopic (exact) mass is 292 g/mol. The fraction of sp³-hybridized carbons (Fsp3) is 0.750. The second-order valence-electron chi connectivity index (χ2n) is 6.22. The van der Waals surface area contributed by atoms with E-state index in [1.54, 1.807) is 4.90 Å². The topological polar surface area (TPSA) is 55.6 Å². The third-order valence-corrected chi connectivity index (χ3v) is 4.71. The molecular formula is C16H24N2O3. The molecule has 5 nitrogen and oxygen atoms in total. The van der Waals surface area contributed by atoms with Gasteiger partial charge in [0.2, 0.25) is 5.76 Å². The molecule has 0 spiro atoms. The Hall–Kier alpha value is -1.36. The van der Waals surface area contributed by atoms with Crippen LogP contribution < -0.4 is 0 Å². The first-order chi connectivity index (χ1) is 10.3. The van der Waals surface area contributed by atoms with Gasteiger partial charge >= 0.3 is 0 Å². The highest BCUT2D eigenvalue weighted by molar-refractivity contribution is 5.92. The van der Waals surface area contributed by atoms with Crippen LogP contribution in [-0.2, 0) is 17.6 Å². The standard InChI is InChI=1S/C16H24N2O3/c1-18(9-6-12-7-10-20-11-8-12)16(19)15-13-4-2-3-5-14(13)17-21-15/h12H,2-11H2,1H3. The Morgan fingerprint density at radius 1 is 1.29 bits per heavy atom. The maximum Gasteiger partial charge on any atom is 0.292 e. The molecule has 3 rings (SSSR count). The van der Waals surface area contributed by atoms with Crippen molar-refractivity contribution in [2.45, 2.75) is 44.9 Å². The Labute approximate surface area is 125 Å². The van der Waals surface area contributed by atoms with Gasteiger partial charge in [0, 0.05) is 32.4 Å². The molecule has 0 atom stereocenters. The van der Waals surface area contributed by atoms with Crippen molar-refractivity contribution < 1.29 is 14.1 Å². The van der Waals surface area contributed by atoms with Crippen LogP contribution in [0.25, 0.3) is 0 Å². The molecule has 116 valence electrons. The van der Waals surface area contributed by atoms with E-state index in [0.29, 0.717) is 11.7 Å². The second-order valence-corrected chi connectivity index (χ2v) is 6.22. The molecule has 1 aromatic heterocycles. The molecule has 1 aliphatic carbocycles. The number of ether oxygens (including phenoxy) is 1. The number of rotatable bonds is 4. The molecular weight excluding hydrogens is 268 g/mol. The van der Waals surface area contributed by atoms with Crippen LogP contribution in [0, 0.1) is 5.92 Å². The Morgan fingerprint density at radius 3 is 2.86 bits per heavy atom. The van der Waals surface area contributed by atoms with E-state index in [2.05, 4.69) is 5.16 Å². The van der Waals surface area contributed by atoms with Crippen molar-refractivity contribution in [3.63, 3.8) is 0 Å². The third-order valence-electron chi connectivity index (χ3n) is 4.71. The number of carbonyl (C=O) groups excluding carboxylic acids is 1. The van der Waals surface area contributed by atoms with E-state index in [-0.39, 0.29) is 5.91 Å². The molecule has 21 heavy (non-hydrogen) atoms. The van der Waals surface area contributed by atoms with E-state index in [1.165, 1.54) is 0 Å².